The Bertz CT molecular complexity index is 427. The topological polar surface area (TPSA) is 27.7 Å². The van der Waals surface area contributed by atoms with Crippen molar-refractivity contribution in [2.75, 3.05) is 19.8 Å². The predicted octanol–water partition coefficient (Wildman–Crippen LogP) is 5.61. The van der Waals surface area contributed by atoms with Crippen LogP contribution in [0.2, 0.25) is 0 Å². The number of rotatable bonds is 16. The van der Waals surface area contributed by atoms with Gasteiger partial charge in [-0.1, -0.05) is 63.7 Å². The van der Waals surface area contributed by atoms with Gasteiger partial charge in [0.2, 0.25) is 0 Å². The van der Waals surface area contributed by atoms with Crippen molar-refractivity contribution in [2.24, 2.45) is 0 Å². The maximum absolute atomic E-state index is 5.76. The molecule has 1 aromatic rings. The second-order valence-electron chi connectivity index (χ2n) is 6.40. The van der Waals surface area contributed by atoms with E-state index in [0.717, 1.165) is 12.2 Å². The van der Waals surface area contributed by atoms with Crippen molar-refractivity contribution in [3.63, 3.8) is 0 Å². The lowest BCUT2D eigenvalue weighted by Gasteiger charge is -2.17. The molecule has 25 heavy (non-hydrogen) atoms. The molecule has 0 aliphatic rings. The van der Waals surface area contributed by atoms with Crippen molar-refractivity contribution < 1.29 is 14.2 Å². The van der Waals surface area contributed by atoms with Crippen LogP contribution in [-0.2, 0) is 15.9 Å². The number of ether oxygens (including phenoxy) is 3. The van der Waals surface area contributed by atoms with Crippen LogP contribution in [0, 0.1) is 7.11 Å². The van der Waals surface area contributed by atoms with E-state index in [1.165, 1.54) is 50.5 Å². The van der Waals surface area contributed by atoms with Crippen molar-refractivity contribution in [2.45, 2.75) is 64.4 Å². The fourth-order valence-corrected chi connectivity index (χ4v) is 2.68. The molecule has 140 valence electrons. The summed E-state index contributed by atoms with van der Waals surface area (Å²) >= 11 is 0. The van der Waals surface area contributed by atoms with Crippen molar-refractivity contribution in [1.82, 2.24) is 0 Å². The van der Waals surface area contributed by atoms with Crippen LogP contribution in [0.25, 0.3) is 0 Å². The molecule has 0 aliphatic heterocycles. The van der Waals surface area contributed by atoms with Crippen molar-refractivity contribution in [3.05, 3.63) is 49.6 Å². The summed E-state index contributed by atoms with van der Waals surface area (Å²) in [6.07, 6.45) is 12.0. The van der Waals surface area contributed by atoms with Crippen LogP contribution in [0.3, 0.4) is 0 Å². The lowest BCUT2D eigenvalue weighted by atomic mass is 10.0. The highest BCUT2D eigenvalue weighted by Gasteiger charge is 2.09. The van der Waals surface area contributed by atoms with Gasteiger partial charge >= 0.3 is 0 Å². The van der Waals surface area contributed by atoms with Gasteiger partial charge in [0.25, 0.3) is 0 Å². The van der Waals surface area contributed by atoms with Crippen molar-refractivity contribution in [3.8, 4) is 5.75 Å². The van der Waals surface area contributed by atoms with Gasteiger partial charge in [-0.3, -0.25) is 0 Å². The smallest absolute Gasteiger partial charge is 0.119 e. The molecule has 0 bridgehead atoms. The van der Waals surface area contributed by atoms with Crippen LogP contribution in [0.1, 0.15) is 57.4 Å². The first-order valence-corrected chi connectivity index (χ1v) is 9.56. The molecule has 1 unspecified atom stereocenters. The van der Waals surface area contributed by atoms with Gasteiger partial charge < -0.3 is 14.2 Å². The van der Waals surface area contributed by atoms with Crippen LogP contribution in [-0.4, -0.2) is 25.9 Å². The van der Waals surface area contributed by atoms with Gasteiger partial charge in [0.15, 0.2) is 0 Å². The first kappa shape index (κ1) is 21.7. The molecule has 0 heterocycles. The molecule has 1 atom stereocenters. The van der Waals surface area contributed by atoms with E-state index in [0.29, 0.717) is 19.8 Å². The highest BCUT2D eigenvalue weighted by atomic mass is 16.6. The molecule has 0 aromatic heterocycles. The lowest BCUT2D eigenvalue weighted by Crippen LogP contribution is -2.26. The zero-order valence-corrected chi connectivity index (χ0v) is 15.8. The summed E-state index contributed by atoms with van der Waals surface area (Å²) in [6.45, 7) is 7.04. The maximum Gasteiger partial charge on any atom is 0.119 e. The molecule has 1 aromatic carbocycles. The summed E-state index contributed by atoms with van der Waals surface area (Å²) in [5.74, 6) is 0.840. The Hall–Kier alpha value is -1.32. The van der Waals surface area contributed by atoms with Crippen LogP contribution in [0.15, 0.2) is 36.9 Å². The molecule has 0 saturated heterocycles. The third kappa shape index (κ3) is 11.0. The Balaban J connectivity index is 2.22. The van der Waals surface area contributed by atoms with Gasteiger partial charge in [-0.2, -0.15) is 0 Å². The van der Waals surface area contributed by atoms with Crippen molar-refractivity contribution >= 4 is 0 Å². The number of aryl methyl sites for hydroxylation is 1. The Morgan fingerprint density at radius 3 is 2.32 bits per heavy atom. The van der Waals surface area contributed by atoms with Gasteiger partial charge in [0.05, 0.1) is 13.2 Å². The maximum atomic E-state index is 5.76. The zero-order chi connectivity index (χ0) is 18.2. The predicted molar refractivity (Wildman–Crippen MR) is 104 cm³/mol. The Labute approximate surface area is 154 Å². The molecule has 0 spiro atoms. The monoisotopic (exact) mass is 346 g/mol. The molecule has 0 saturated carbocycles. The summed E-state index contributed by atoms with van der Waals surface area (Å²) < 4.78 is 15.9. The third-order valence-corrected chi connectivity index (χ3v) is 4.16. The van der Waals surface area contributed by atoms with Gasteiger partial charge in [-0.15, -0.1) is 6.58 Å². The molecule has 3 heteroatoms. The molecular formula is C22H34O3. The number of hydrogen-bond acceptors (Lipinski definition) is 3. The van der Waals surface area contributed by atoms with E-state index >= 15 is 0 Å². The fraction of sp³-hybridized carbons (Fsp3) is 0.591. The fourth-order valence-electron chi connectivity index (χ4n) is 2.68. The molecule has 1 rings (SSSR count). The van der Waals surface area contributed by atoms with E-state index in [1.807, 2.05) is 12.1 Å². The van der Waals surface area contributed by atoms with Crippen LogP contribution in [0.4, 0.5) is 0 Å². The number of benzene rings is 1. The normalized spacial score (nSPS) is 12.1. The molecule has 3 nitrogen and oxygen atoms in total. The second-order valence-corrected chi connectivity index (χ2v) is 6.40. The van der Waals surface area contributed by atoms with Gasteiger partial charge in [0, 0.05) is 0 Å². The number of unbranched alkanes of at least 4 members (excludes halogenated alkanes) is 6. The first-order chi connectivity index (χ1) is 12.3. The van der Waals surface area contributed by atoms with Crippen molar-refractivity contribution in [1.29, 1.82) is 0 Å². The summed E-state index contributed by atoms with van der Waals surface area (Å²) in [6, 6.07) is 8.33. The van der Waals surface area contributed by atoms with Crippen LogP contribution >= 0.6 is 0 Å². The third-order valence-electron chi connectivity index (χ3n) is 4.16. The molecule has 0 fully saturated rings. The summed E-state index contributed by atoms with van der Waals surface area (Å²) in [5, 5.41) is 0. The minimum Gasteiger partial charge on any atom is -0.491 e. The summed E-state index contributed by atoms with van der Waals surface area (Å²) in [4.78, 5) is 0. The molecule has 0 N–H and O–H groups in total. The SMILES string of the molecule is [CH]OCC(COc1ccc(CCCCCCCCC)cc1)OCC=C. The van der Waals surface area contributed by atoms with E-state index in [4.69, 9.17) is 16.6 Å². The molecular weight excluding hydrogens is 312 g/mol. The average molecular weight is 347 g/mol. The minimum atomic E-state index is -0.199. The van der Waals surface area contributed by atoms with E-state index in [9.17, 15) is 0 Å². The standard InChI is InChI=1S/C22H34O3/c1-4-6-7-8-9-10-11-12-20-13-15-21(16-14-20)25-19-22(18-23-3)24-17-5-2/h3,5,13-16,22H,2,4,6-12,17-19H2,1H3. The first-order valence-electron chi connectivity index (χ1n) is 9.56. The summed E-state index contributed by atoms with van der Waals surface area (Å²) in [7, 11) is 5.12. The largest absolute Gasteiger partial charge is 0.491 e. The van der Waals surface area contributed by atoms with Gasteiger partial charge in [-0.25, -0.2) is 0 Å². The van der Waals surface area contributed by atoms with Gasteiger partial charge in [-0.05, 0) is 30.5 Å². The van der Waals surface area contributed by atoms with E-state index in [-0.39, 0.29) is 6.10 Å². The Kier molecular flexibility index (Phi) is 13.0. The molecule has 0 aliphatic carbocycles. The highest BCUT2D eigenvalue weighted by molar-refractivity contribution is 5.27. The molecule has 2 radical (unpaired) electrons. The highest BCUT2D eigenvalue weighted by Crippen LogP contribution is 2.16. The minimum absolute atomic E-state index is 0.199. The zero-order valence-electron chi connectivity index (χ0n) is 15.8. The lowest BCUT2D eigenvalue weighted by molar-refractivity contribution is -0.00625. The Morgan fingerprint density at radius 1 is 1.00 bits per heavy atom. The van der Waals surface area contributed by atoms with Crippen LogP contribution < -0.4 is 4.74 Å². The average Bonchev–Trinajstić information content (AvgIpc) is 2.64. The second kappa shape index (κ2) is 15.0. The van der Waals surface area contributed by atoms with Gasteiger partial charge in [0.1, 0.15) is 25.6 Å². The van der Waals surface area contributed by atoms with E-state index < -0.39 is 0 Å². The quantitative estimate of drug-likeness (QED) is 0.287. The molecule has 0 amide bonds. The van der Waals surface area contributed by atoms with E-state index in [1.54, 1.807) is 6.08 Å². The summed E-state index contributed by atoms with van der Waals surface area (Å²) in [5.41, 5.74) is 1.37. The van der Waals surface area contributed by atoms with Crippen LogP contribution in [0.5, 0.6) is 5.75 Å². The van der Waals surface area contributed by atoms with E-state index in [2.05, 4.69) is 30.4 Å². The number of hydrogen-bond donors (Lipinski definition) is 0. The Morgan fingerprint density at radius 2 is 1.68 bits per heavy atom.